The molecule has 5 heteroatoms. The number of carbonyl (C=O) groups is 1. The van der Waals surface area contributed by atoms with Gasteiger partial charge >= 0.3 is 0 Å². The molecule has 1 aromatic rings. The standard InChI is InChI=1S/C11H13ClN2O2/c12-9-11(16)14(7-8-15)6-4-10-3-1-2-5-13-10/h1-6,15H,7-9H2. The highest BCUT2D eigenvalue weighted by molar-refractivity contribution is 6.27. The molecule has 0 aliphatic rings. The van der Waals surface area contributed by atoms with E-state index in [0.717, 1.165) is 5.69 Å². The number of aliphatic hydroxyl groups excluding tert-OH is 1. The molecule has 86 valence electrons. The predicted octanol–water partition coefficient (Wildman–Crippen LogP) is 1.11. The third kappa shape index (κ3) is 4.00. The molecule has 16 heavy (non-hydrogen) atoms. The largest absolute Gasteiger partial charge is 0.395 e. The van der Waals surface area contributed by atoms with Gasteiger partial charge in [-0.25, -0.2) is 0 Å². The molecule has 0 aromatic carbocycles. The van der Waals surface area contributed by atoms with Gasteiger partial charge in [-0.05, 0) is 18.2 Å². The van der Waals surface area contributed by atoms with Gasteiger partial charge in [-0.3, -0.25) is 9.78 Å². The van der Waals surface area contributed by atoms with Crippen molar-refractivity contribution in [2.45, 2.75) is 0 Å². The van der Waals surface area contributed by atoms with Gasteiger partial charge in [0.15, 0.2) is 0 Å². The first-order valence-electron chi connectivity index (χ1n) is 4.83. The predicted molar refractivity (Wildman–Crippen MR) is 62.8 cm³/mol. The number of carbonyl (C=O) groups excluding carboxylic acids is 1. The van der Waals surface area contributed by atoms with Crippen molar-refractivity contribution in [2.75, 3.05) is 19.0 Å². The summed E-state index contributed by atoms with van der Waals surface area (Å²) in [5, 5.41) is 8.79. The Hall–Kier alpha value is -1.39. The summed E-state index contributed by atoms with van der Waals surface area (Å²) < 4.78 is 0. The van der Waals surface area contributed by atoms with E-state index in [2.05, 4.69) is 4.98 Å². The lowest BCUT2D eigenvalue weighted by Crippen LogP contribution is -2.29. The summed E-state index contributed by atoms with van der Waals surface area (Å²) in [6.07, 6.45) is 4.93. The maximum absolute atomic E-state index is 11.3. The molecule has 1 rings (SSSR count). The fraction of sp³-hybridized carbons (Fsp3) is 0.273. The van der Waals surface area contributed by atoms with Crippen LogP contribution in [0.25, 0.3) is 6.08 Å². The zero-order chi connectivity index (χ0) is 11.8. The molecule has 0 atom stereocenters. The van der Waals surface area contributed by atoms with E-state index in [1.165, 1.54) is 4.90 Å². The van der Waals surface area contributed by atoms with Crippen LogP contribution in [0.15, 0.2) is 30.6 Å². The molecule has 0 aliphatic carbocycles. The molecule has 0 radical (unpaired) electrons. The van der Waals surface area contributed by atoms with E-state index in [0.29, 0.717) is 0 Å². The van der Waals surface area contributed by atoms with Crippen LogP contribution in [0.4, 0.5) is 0 Å². The minimum atomic E-state index is -0.247. The molecule has 0 saturated heterocycles. The van der Waals surface area contributed by atoms with E-state index in [4.69, 9.17) is 16.7 Å². The molecule has 0 fully saturated rings. The molecular weight excluding hydrogens is 228 g/mol. The number of aromatic nitrogens is 1. The lowest BCUT2D eigenvalue weighted by molar-refractivity contribution is -0.126. The lowest BCUT2D eigenvalue weighted by atomic mass is 10.3. The van der Waals surface area contributed by atoms with E-state index in [1.807, 2.05) is 18.2 Å². The van der Waals surface area contributed by atoms with Crippen molar-refractivity contribution in [3.05, 3.63) is 36.3 Å². The third-order valence-corrected chi connectivity index (χ3v) is 2.12. The first-order chi connectivity index (χ1) is 7.77. The first kappa shape index (κ1) is 12.7. The van der Waals surface area contributed by atoms with Crippen LogP contribution in [-0.2, 0) is 4.79 Å². The number of nitrogens with zero attached hydrogens (tertiary/aromatic N) is 2. The van der Waals surface area contributed by atoms with Gasteiger partial charge in [-0.2, -0.15) is 0 Å². The van der Waals surface area contributed by atoms with Gasteiger partial charge in [-0.1, -0.05) is 6.07 Å². The first-order valence-corrected chi connectivity index (χ1v) is 5.37. The molecule has 0 aliphatic heterocycles. The molecule has 1 aromatic heterocycles. The summed E-state index contributed by atoms with van der Waals surface area (Å²) in [6, 6.07) is 5.48. The Morgan fingerprint density at radius 1 is 1.56 bits per heavy atom. The van der Waals surface area contributed by atoms with Gasteiger partial charge in [0, 0.05) is 18.9 Å². The average molecular weight is 241 g/mol. The van der Waals surface area contributed by atoms with Gasteiger partial charge in [0.2, 0.25) is 5.91 Å². The Balaban J connectivity index is 2.68. The molecule has 0 bridgehead atoms. The van der Waals surface area contributed by atoms with Crippen LogP contribution in [0.2, 0.25) is 0 Å². The van der Waals surface area contributed by atoms with Crippen LogP contribution in [0.1, 0.15) is 5.69 Å². The number of aliphatic hydroxyl groups is 1. The summed E-state index contributed by atoms with van der Waals surface area (Å²) in [6.45, 7) is 0.129. The highest BCUT2D eigenvalue weighted by Crippen LogP contribution is 2.00. The van der Waals surface area contributed by atoms with Gasteiger partial charge in [-0.15, -0.1) is 11.6 Å². The van der Waals surface area contributed by atoms with Crippen molar-refractivity contribution < 1.29 is 9.90 Å². The maximum atomic E-state index is 11.3. The van der Waals surface area contributed by atoms with Crippen molar-refractivity contribution in [1.82, 2.24) is 9.88 Å². The smallest absolute Gasteiger partial charge is 0.241 e. The second kappa shape index (κ2) is 6.98. The Morgan fingerprint density at radius 2 is 2.38 bits per heavy atom. The quantitative estimate of drug-likeness (QED) is 0.785. The summed E-state index contributed by atoms with van der Waals surface area (Å²) in [4.78, 5) is 16.8. The van der Waals surface area contributed by atoms with Crippen molar-refractivity contribution in [3.63, 3.8) is 0 Å². The lowest BCUT2D eigenvalue weighted by Gasteiger charge is -2.15. The fourth-order valence-corrected chi connectivity index (χ4v) is 1.26. The summed E-state index contributed by atoms with van der Waals surface area (Å²) in [7, 11) is 0. The van der Waals surface area contributed by atoms with Gasteiger partial charge in [0.1, 0.15) is 5.88 Å². The summed E-state index contributed by atoms with van der Waals surface area (Å²) in [5.74, 6) is -0.352. The van der Waals surface area contributed by atoms with Crippen LogP contribution in [0.3, 0.4) is 0 Å². The molecule has 4 nitrogen and oxygen atoms in total. The van der Waals surface area contributed by atoms with Crippen LogP contribution < -0.4 is 0 Å². The summed E-state index contributed by atoms with van der Waals surface area (Å²) in [5.41, 5.74) is 0.743. The number of hydrogen-bond donors (Lipinski definition) is 1. The van der Waals surface area contributed by atoms with E-state index in [1.54, 1.807) is 18.5 Å². The maximum Gasteiger partial charge on any atom is 0.241 e. The Labute approximate surface area is 99.2 Å². The average Bonchev–Trinajstić information content (AvgIpc) is 2.34. The SMILES string of the molecule is O=C(CCl)N(C=Cc1ccccn1)CCO. The zero-order valence-corrected chi connectivity index (χ0v) is 9.47. The fourth-order valence-electron chi connectivity index (χ4n) is 1.11. The Bertz CT molecular complexity index is 354. The summed E-state index contributed by atoms with van der Waals surface area (Å²) >= 11 is 5.44. The monoisotopic (exact) mass is 240 g/mol. The van der Waals surface area contributed by atoms with Crippen LogP contribution in [0.5, 0.6) is 0 Å². The van der Waals surface area contributed by atoms with Crippen molar-refractivity contribution in [3.8, 4) is 0 Å². The Morgan fingerprint density at radius 3 is 2.94 bits per heavy atom. The van der Waals surface area contributed by atoms with Gasteiger partial charge in [0.05, 0.1) is 12.3 Å². The Kier molecular flexibility index (Phi) is 5.53. The number of rotatable bonds is 5. The number of hydrogen-bond acceptors (Lipinski definition) is 3. The minimum Gasteiger partial charge on any atom is -0.395 e. The molecule has 0 unspecified atom stereocenters. The van der Waals surface area contributed by atoms with Crippen molar-refractivity contribution in [2.24, 2.45) is 0 Å². The number of pyridine rings is 1. The number of halogens is 1. The van der Waals surface area contributed by atoms with Crippen molar-refractivity contribution in [1.29, 1.82) is 0 Å². The van der Waals surface area contributed by atoms with Crippen LogP contribution in [-0.4, -0.2) is 39.9 Å². The van der Waals surface area contributed by atoms with E-state index >= 15 is 0 Å². The van der Waals surface area contributed by atoms with E-state index in [9.17, 15) is 4.79 Å². The van der Waals surface area contributed by atoms with Crippen molar-refractivity contribution >= 4 is 23.6 Å². The van der Waals surface area contributed by atoms with Crippen LogP contribution >= 0.6 is 11.6 Å². The molecule has 0 spiro atoms. The third-order valence-electron chi connectivity index (χ3n) is 1.89. The van der Waals surface area contributed by atoms with Gasteiger partial charge < -0.3 is 10.0 Å². The molecule has 0 saturated carbocycles. The molecular formula is C11H13ClN2O2. The second-order valence-corrected chi connectivity index (χ2v) is 3.28. The highest BCUT2D eigenvalue weighted by atomic mass is 35.5. The molecule has 1 heterocycles. The molecule has 1 amide bonds. The van der Waals surface area contributed by atoms with Gasteiger partial charge in [0.25, 0.3) is 0 Å². The van der Waals surface area contributed by atoms with Crippen LogP contribution in [0, 0.1) is 0 Å². The molecule has 1 N–H and O–H groups in total. The topological polar surface area (TPSA) is 53.4 Å². The number of amides is 1. The normalized spacial score (nSPS) is 10.6. The van der Waals surface area contributed by atoms with E-state index < -0.39 is 0 Å². The minimum absolute atomic E-state index is 0.102. The zero-order valence-electron chi connectivity index (χ0n) is 8.71. The number of alkyl halides is 1. The second-order valence-electron chi connectivity index (χ2n) is 3.01. The van der Waals surface area contributed by atoms with E-state index in [-0.39, 0.29) is 24.9 Å². The highest BCUT2D eigenvalue weighted by Gasteiger charge is 2.07.